The zero-order valence-corrected chi connectivity index (χ0v) is 13.9. The molecule has 0 aromatic heterocycles. The highest BCUT2D eigenvalue weighted by Gasteiger charge is 2.50. The van der Waals surface area contributed by atoms with E-state index in [-0.39, 0.29) is 17.5 Å². The minimum Gasteiger partial charge on any atom is -0.494 e. The fourth-order valence-corrected chi connectivity index (χ4v) is 2.86. The first-order chi connectivity index (χ1) is 12.1. The Labute approximate surface area is 146 Å². The SMILES string of the molecule is O=C(NCCCCOc1ccc(F)cc1)C1(c2ccc(F)cc2)CC1. The molecule has 0 unspecified atom stereocenters. The lowest BCUT2D eigenvalue weighted by molar-refractivity contribution is -0.123. The Morgan fingerprint density at radius 2 is 1.56 bits per heavy atom. The average molecular weight is 345 g/mol. The first kappa shape index (κ1) is 17.4. The molecule has 25 heavy (non-hydrogen) atoms. The number of amides is 1. The van der Waals surface area contributed by atoms with Crippen molar-refractivity contribution in [3.8, 4) is 5.75 Å². The molecule has 1 aliphatic carbocycles. The monoisotopic (exact) mass is 345 g/mol. The number of halogens is 2. The lowest BCUT2D eigenvalue weighted by atomic mass is 9.95. The smallest absolute Gasteiger partial charge is 0.230 e. The maximum Gasteiger partial charge on any atom is 0.230 e. The number of benzene rings is 2. The highest BCUT2D eigenvalue weighted by molar-refractivity contribution is 5.91. The van der Waals surface area contributed by atoms with Crippen LogP contribution in [0.5, 0.6) is 5.75 Å². The summed E-state index contributed by atoms with van der Waals surface area (Å²) in [5, 5.41) is 2.97. The Morgan fingerprint density at radius 1 is 0.960 bits per heavy atom. The van der Waals surface area contributed by atoms with Gasteiger partial charge in [0.15, 0.2) is 0 Å². The van der Waals surface area contributed by atoms with Crippen molar-refractivity contribution in [1.29, 1.82) is 0 Å². The van der Waals surface area contributed by atoms with Gasteiger partial charge in [-0.3, -0.25) is 4.79 Å². The fourth-order valence-electron chi connectivity index (χ4n) is 2.86. The third-order valence-electron chi connectivity index (χ3n) is 4.52. The van der Waals surface area contributed by atoms with Crippen molar-refractivity contribution in [2.45, 2.75) is 31.1 Å². The Bertz CT molecular complexity index is 709. The van der Waals surface area contributed by atoms with Gasteiger partial charge in [-0.2, -0.15) is 0 Å². The van der Waals surface area contributed by atoms with Gasteiger partial charge in [0.25, 0.3) is 0 Å². The summed E-state index contributed by atoms with van der Waals surface area (Å²) in [6.07, 6.45) is 3.20. The van der Waals surface area contributed by atoms with E-state index in [0.717, 1.165) is 31.2 Å². The van der Waals surface area contributed by atoms with Gasteiger partial charge in [0.05, 0.1) is 12.0 Å². The number of ether oxygens (including phenoxy) is 1. The molecule has 1 amide bonds. The molecule has 1 aliphatic rings. The predicted octanol–water partition coefficient (Wildman–Crippen LogP) is 3.97. The number of carbonyl (C=O) groups excluding carboxylic acids is 1. The molecule has 0 aliphatic heterocycles. The summed E-state index contributed by atoms with van der Waals surface area (Å²) >= 11 is 0. The third kappa shape index (κ3) is 4.35. The summed E-state index contributed by atoms with van der Waals surface area (Å²) < 4.78 is 31.3. The van der Waals surface area contributed by atoms with Crippen molar-refractivity contribution in [1.82, 2.24) is 5.32 Å². The van der Waals surface area contributed by atoms with Crippen molar-refractivity contribution >= 4 is 5.91 Å². The van der Waals surface area contributed by atoms with E-state index in [0.29, 0.717) is 18.9 Å². The minimum atomic E-state index is -0.474. The third-order valence-corrected chi connectivity index (χ3v) is 4.52. The predicted molar refractivity (Wildman–Crippen MR) is 91.5 cm³/mol. The van der Waals surface area contributed by atoms with Crippen LogP contribution < -0.4 is 10.1 Å². The number of hydrogen-bond acceptors (Lipinski definition) is 2. The molecule has 0 bridgehead atoms. The quantitative estimate of drug-likeness (QED) is 0.735. The van der Waals surface area contributed by atoms with Gasteiger partial charge >= 0.3 is 0 Å². The van der Waals surface area contributed by atoms with Crippen LogP contribution in [-0.4, -0.2) is 19.1 Å². The largest absolute Gasteiger partial charge is 0.494 e. The van der Waals surface area contributed by atoms with Crippen LogP contribution in [0, 0.1) is 11.6 Å². The van der Waals surface area contributed by atoms with Crippen molar-refractivity contribution in [3.63, 3.8) is 0 Å². The average Bonchev–Trinajstić information content (AvgIpc) is 3.42. The highest BCUT2D eigenvalue weighted by Crippen LogP contribution is 2.48. The molecular formula is C20H21F2NO2. The van der Waals surface area contributed by atoms with Gasteiger partial charge in [0, 0.05) is 6.54 Å². The summed E-state index contributed by atoms with van der Waals surface area (Å²) in [6, 6.07) is 12.1. The summed E-state index contributed by atoms with van der Waals surface area (Å²) in [7, 11) is 0. The summed E-state index contributed by atoms with van der Waals surface area (Å²) in [4.78, 5) is 12.4. The molecule has 1 N–H and O–H groups in total. The molecule has 2 aromatic rings. The molecule has 3 nitrogen and oxygen atoms in total. The molecule has 0 heterocycles. The van der Waals surface area contributed by atoms with Gasteiger partial charge in [-0.05, 0) is 67.6 Å². The molecule has 0 radical (unpaired) electrons. The maximum absolute atomic E-state index is 13.0. The molecule has 132 valence electrons. The van der Waals surface area contributed by atoms with E-state index in [4.69, 9.17) is 4.74 Å². The first-order valence-electron chi connectivity index (χ1n) is 8.53. The van der Waals surface area contributed by atoms with Crippen LogP contribution in [0.1, 0.15) is 31.2 Å². The van der Waals surface area contributed by atoms with E-state index in [1.54, 1.807) is 24.3 Å². The molecule has 5 heteroatoms. The molecule has 0 saturated heterocycles. The van der Waals surface area contributed by atoms with Crippen LogP contribution >= 0.6 is 0 Å². The topological polar surface area (TPSA) is 38.3 Å². The van der Waals surface area contributed by atoms with Crippen LogP contribution in [0.15, 0.2) is 48.5 Å². The maximum atomic E-state index is 13.0. The van der Waals surface area contributed by atoms with Gasteiger partial charge < -0.3 is 10.1 Å². The van der Waals surface area contributed by atoms with E-state index < -0.39 is 5.41 Å². The van der Waals surface area contributed by atoms with Gasteiger partial charge in [0.2, 0.25) is 5.91 Å². The van der Waals surface area contributed by atoms with E-state index in [2.05, 4.69) is 5.32 Å². The number of rotatable bonds is 8. The second-order valence-corrected chi connectivity index (χ2v) is 6.35. The molecule has 0 spiro atoms. The molecule has 3 rings (SSSR count). The normalized spacial score (nSPS) is 14.8. The number of nitrogens with one attached hydrogen (secondary N) is 1. The fraction of sp³-hybridized carbons (Fsp3) is 0.350. The minimum absolute atomic E-state index is 0.0126. The second-order valence-electron chi connectivity index (χ2n) is 6.35. The zero-order chi connectivity index (χ0) is 17.7. The van der Waals surface area contributed by atoms with Crippen LogP contribution in [-0.2, 0) is 10.2 Å². The lowest BCUT2D eigenvalue weighted by Crippen LogP contribution is -2.35. The molecule has 0 atom stereocenters. The van der Waals surface area contributed by atoms with Gasteiger partial charge in [-0.1, -0.05) is 12.1 Å². The van der Waals surface area contributed by atoms with Crippen molar-refractivity contribution in [3.05, 3.63) is 65.7 Å². The number of unbranched alkanes of at least 4 members (excludes halogenated alkanes) is 1. The van der Waals surface area contributed by atoms with Crippen molar-refractivity contribution < 1.29 is 18.3 Å². The Hall–Kier alpha value is -2.43. The van der Waals surface area contributed by atoms with Gasteiger partial charge in [-0.25, -0.2) is 8.78 Å². The Balaban J connectivity index is 1.37. The summed E-state index contributed by atoms with van der Waals surface area (Å²) in [5.74, 6) is 0.0728. The van der Waals surface area contributed by atoms with Gasteiger partial charge in [-0.15, -0.1) is 0 Å². The zero-order valence-electron chi connectivity index (χ0n) is 13.9. The summed E-state index contributed by atoms with van der Waals surface area (Å²) in [5.41, 5.74) is 0.407. The highest BCUT2D eigenvalue weighted by atomic mass is 19.1. The number of carbonyl (C=O) groups is 1. The standard InChI is InChI=1S/C20H21F2NO2/c21-16-5-3-15(4-6-16)20(11-12-20)19(24)23-13-1-2-14-25-18-9-7-17(22)8-10-18/h3-10H,1-2,11-14H2,(H,23,24). The molecule has 1 saturated carbocycles. The van der Waals surface area contributed by atoms with E-state index in [1.165, 1.54) is 24.3 Å². The van der Waals surface area contributed by atoms with Crippen LogP contribution in [0.3, 0.4) is 0 Å². The summed E-state index contributed by atoms with van der Waals surface area (Å²) in [6.45, 7) is 1.10. The van der Waals surface area contributed by atoms with Crippen LogP contribution in [0.2, 0.25) is 0 Å². The lowest BCUT2D eigenvalue weighted by Gasteiger charge is -2.16. The van der Waals surface area contributed by atoms with E-state index in [9.17, 15) is 13.6 Å². The van der Waals surface area contributed by atoms with Gasteiger partial charge in [0.1, 0.15) is 17.4 Å². The first-order valence-corrected chi connectivity index (χ1v) is 8.53. The van der Waals surface area contributed by atoms with Crippen LogP contribution in [0.4, 0.5) is 8.78 Å². The Morgan fingerprint density at radius 3 is 2.16 bits per heavy atom. The van der Waals surface area contributed by atoms with E-state index >= 15 is 0 Å². The molecular weight excluding hydrogens is 324 g/mol. The van der Waals surface area contributed by atoms with Crippen LogP contribution in [0.25, 0.3) is 0 Å². The molecule has 2 aromatic carbocycles. The number of hydrogen-bond donors (Lipinski definition) is 1. The Kier molecular flexibility index (Phi) is 5.31. The molecule has 1 fully saturated rings. The van der Waals surface area contributed by atoms with Crippen molar-refractivity contribution in [2.24, 2.45) is 0 Å². The van der Waals surface area contributed by atoms with E-state index in [1.807, 2.05) is 0 Å². The second kappa shape index (κ2) is 7.64. The van der Waals surface area contributed by atoms with Crippen molar-refractivity contribution in [2.75, 3.05) is 13.2 Å².